The Morgan fingerprint density at radius 3 is 2.57 bits per heavy atom. The van der Waals surface area contributed by atoms with E-state index in [0.717, 1.165) is 18.4 Å². The number of carboxylic acids is 1. The Labute approximate surface area is 124 Å². The number of carbonyl (C=O) groups excluding carboxylic acids is 1. The van der Waals surface area contributed by atoms with Crippen LogP contribution in [0.25, 0.3) is 0 Å². The van der Waals surface area contributed by atoms with E-state index in [4.69, 9.17) is 9.84 Å². The fraction of sp³-hybridized carbons (Fsp3) is 0.500. The van der Waals surface area contributed by atoms with Gasteiger partial charge in [-0.2, -0.15) is 0 Å². The highest BCUT2D eigenvalue weighted by Crippen LogP contribution is 2.27. The molecule has 114 valence electrons. The predicted molar refractivity (Wildman–Crippen MR) is 79.3 cm³/mol. The Morgan fingerprint density at radius 1 is 1.38 bits per heavy atom. The number of rotatable bonds is 5. The molecular formula is C16H21NO4. The van der Waals surface area contributed by atoms with Gasteiger partial charge in [-0.05, 0) is 43.4 Å². The van der Waals surface area contributed by atoms with Crippen LogP contribution in [-0.4, -0.2) is 29.2 Å². The zero-order chi connectivity index (χ0) is 15.5. The van der Waals surface area contributed by atoms with E-state index in [1.807, 2.05) is 19.1 Å². The standard InChI is InChI=1S/C16H21NO4/c1-11(10-14(18)19)12-4-6-13(7-5-12)17-15(20)16(2)8-3-9-21-16/h4-7,11H,3,8-10H2,1-2H3,(H,17,20)(H,18,19). The van der Waals surface area contributed by atoms with Gasteiger partial charge in [0.2, 0.25) is 0 Å². The molecule has 0 saturated carbocycles. The number of amides is 1. The number of hydrogen-bond donors (Lipinski definition) is 2. The fourth-order valence-corrected chi connectivity index (χ4v) is 2.50. The molecule has 2 rings (SSSR count). The monoisotopic (exact) mass is 291 g/mol. The summed E-state index contributed by atoms with van der Waals surface area (Å²) in [5, 5.41) is 11.6. The molecule has 5 heteroatoms. The molecular weight excluding hydrogens is 270 g/mol. The van der Waals surface area contributed by atoms with Crippen molar-refractivity contribution in [1.82, 2.24) is 0 Å². The number of benzene rings is 1. The molecule has 0 aromatic heterocycles. The van der Waals surface area contributed by atoms with Crippen LogP contribution in [0.3, 0.4) is 0 Å². The van der Waals surface area contributed by atoms with Gasteiger partial charge in [0, 0.05) is 12.3 Å². The van der Waals surface area contributed by atoms with Gasteiger partial charge in [0.15, 0.2) is 0 Å². The molecule has 2 N–H and O–H groups in total. The number of carboxylic acid groups (broad SMARTS) is 1. The lowest BCUT2D eigenvalue weighted by Gasteiger charge is -2.22. The summed E-state index contributed by atoms with van der Waals surface area (Å²) in [5.74, 6) is -1.000. The first kappa shape index (κ1) is 15.5. The molecule has 0 radical (unpaired) electrons. The van der Waals surface area contributed by atoms with Crippen LogP contribution in [0.2, 0.25) is 0 Å². The van der Waals surface area contributed by atoms with Crippen molar-refractivity contribution in [3.63, 3.8) is 0 Å². The van der Waals surface area contributed by atoms with Crippen LogP contribution >= 0.6 is 0 Å². The number of aliphatic carboxylic acids is 1. The van der Waals surface area contributed by atoms with E-state index in [0.29, 0.717) is 12.3 Å². The van der Waals surface area contributed by atoms with Crippen molar-refractivity contribution in [1.29, 1.82) is 0 Å². The van der Waals surface area contributed by atoms with Gasteiger partial charge in [-0.3, -0.25) is 9.59 Å². The molecule has 1 aliphatic heterocycles. The van der Waals surface area contributed by atoms with Crippen molar-refractivity contribution in [2.24, 2.45) is 0 Å². The third kappa shape index (κ3) is 3.82. The number of anilines is 1. The minimum Gasteiger partial charge on any atom is -0.481 e. The van der Waals surface area contributed by atoms with E-state index in [2.05, 4.69) is 5.32 Å². The first-order valence-corrected chi connectivity index (χ1v) is 7.18. The maximum absolute atomic E-state index is 12.2. The molecule has 0 spiro atoms. The smallest absolute Gasteiger partial charge is 0.303 e. The molecule has 1 amide bonds. The summed E-state index contributed by atoms with van der Waals surface area (Å²) >= 11 is 0. The molecule has 1 fully saturated rings. The molecule has 2 unspecified atom stereocenters. The van der Waals surface area contributed by atoms with Crippen molar-refractivity contribution < 1.29 is 19.4 Å². The van der Waals surface area contributed by atoms with Crippen molar-refractivity contribution >= 4 is 17.6 Å². The summed E-state index contributed by atoms with van der Waals surface area (Å²) in [6, 6.07) is 7.29. The lowest BCUT2D eigenvalue weighted by atomic mass is 9.97. The van der Waals surface area contributed by atoms with E-state index in [-0.39, 0.29) is 18.2 Å². The Hall–Kier alpha value is -1.88. The van der Waals surface area contributed by atoms with Crippen molar-refractivity contribution in [2.45, 2.75) is 44.6 Å². The van der Waals surface area contributed by atoms with E-state index >= 15 is 0 Å². The minimum absolute atomic E-state index is 0.0528. The molecule has 0 aliphatic carbocycles. The quantitative estimate of drug-likeness (QED) is 0.874. The highest BCUT2D eigenvalue weighted by atomic mass is 16.5. The second kappa shape index (κ2) is 6.26. The van der Waals surface area contributed by atoms with Gasteiger partial charge in [-0.15, -0.1) is 0 Å². The zero-order valence-corrected chi connectivity index (χ0v) is 12.4. The minimum atomic E-state index is -0.814. The van der Waals surface area contributed by atoms with E-state index in [1.165, 1.54) is 0 Å². The molecule has 21 heavy (non-hydrogen) atoms. The second-order valence-electron chi connectivity index (χ2n) is 5.76. The number of ether oxygens (including phenoxy) is 1. The molecule has 5 nitrogen and oxygen atoms in total. The second-order valence-corrected chi connectivity index (χ2v) is 5.76. The molecule has 0 bridgehead atoms. The van der Waals surface area contributed by atoms with Crippen molar-refractivity contribution in [3.05, 3.63) is 29.8 Å². The summed E-state index contributed by atoms with van der Waals surface area (Å²) in [5.41, 5.74) is 0.900. The number of hydrogen-bond acceptors (Lipinski definition) is 3. The van der Waals surface area contributed by atoms with Gasteiger partial charge in [0.1, 0.15) is 5.60 Å². The average Bonchev–Trinajstić information content (AvgIpc) is 2.87. The van der Waals surface area contributed by atoms with Crippen LogP contribution in [0.15, 0.2) is 24.3 Å². The Morgan fingerprint density at radius 2 is 2.05 bits per heavy atom. The van der Waals surface area contributed by atoms with Crippen LogP contribution in [0.1, 0.15) is 44.6 Å². The van der Waals surface area contributed by atoms with Crippen LogP contribution in [0, 0.1) is 0 Å². The van der Waals surface area contributed by atoms with E-state index in [9.17, 15) is 9.59 Å². The lowest BCUT2D eigenvalue weighted by Crippen LogP contribution is -2.39. The lowest BCUT2D eigenvalue weighted by molar-refractivity contribution is -0.137. The Balaban J connectivity index is 1.99. The Kier molecular flexibility index (Phi) is 4.63. The topological polar surface area (TPSA) is 75.6 Å². The largest absolute Gasteiger partial charge is 0.481 e. The van der Waals surface area contributed by atoms with E-state index < -0.39 is 11.6 Å². The first-order chi connectivity index (χ1) is 9.90. The number of nitrogens with one attached hydrogen (secondary N) is 1. The summed E-state index contributed by atoms with van der Waals surface area (Å²) in [4.78, 5) is 22.9. The summed E-state index contributed by atoms with van der Waals surface area (Å²) in [6.07, 6.45) is 1.72. The highest BCUT2D eigenvalue weighted by molar-refractivity contribution is 5.97. The molecule has 1 aromatic carbocycles. The van der Waals surface area contributed by atoms with Crippen LogP contribution < -0.4 is 5.32 Å². The van der Waals surface area contributed by atoms with Gasteiger partial charge in [0.05, 0.1) is 6.42 Å². The van der Waals surface area contributed by atoms with E-state index in [1.54, 1.807) is 19.1 Å². The highest BCUT2D eigenvalue weighted by Gasteiger charge is 2.37. The van der Waals surface area contributed by atoms with Gasteiger partial charge in [-0.1, -0.05) is 19.1 Å². The maximum Gasteiger partial charge on any atom is 0.303 e. The fourth-order valence-electron chi connectivity index (χ4n) is 2.50. The molecule has 1 saturated heterocycles. The van der Waals surface area contributed by atoms with Crippen LogP contribution in [0.4, 0.5) is 5.69 Å². The third-order valence-electron chi connectivity index (χ3n) is 3.92. The van der Waals surface area contributed by atoms with Crippen molar-refractivity contribution in [2.75, 3.05) is 11.9 Å². The normalized spacial score (nSPS) is 22.8. The molecule has 2 atom stereocenters. The number of carbonyl (C=O) groups is 2. The van der Waals surface area contributed by atoms with Crippen molar-refractivity contribution in [3.8, 4) is 0 Å². The average molecular weight is 291 g/mol. The van der Waals surface area contributed by atoms with Gasteiger partial charge in [-0.25, -0.2) is 0 Å². The van der Waals surface area contributed by atoms with Crippen LogP contribution in [0.5, 0.6) is 0 Å². The van der Waals surface area contributed by atoms with Gasteiger partial charge >= 0.3 is 5.97 Å². The Bertz CT molecular complexity index is 518. The summed E-state index contributed by atoms with van der Waals surface area (Å²) < 4.78 is 5.50. The summed E-state index contributed by atoms with van der Waals surface area (Å²) in [6.45, 7) is 4.29. The first-order valence-electron chi connectivity index (χ1n) is 7.18. The molecule has 1 aromatic rings. The van der Waals surface area contributed by atoms with Crippen LogP contribution in [-0.2, 0) is 14.3 Å². The van der Waals surface area contributed by atoms with Gasteiger partial charge in [0.25, 0.3) is 5.91 Å². The SMILES string of the molecule is CC(CC(=O)O)c1ccc(NC(=O)C2(C)CCCO2)cc1. The zero-order valence-electron chi connectivity index (χ0n) is 12.4. The predicted octanol–water partition coefficient (Wildman–Crippen LogP) is 2.77. The molecule has 1 aliphatic rings. The summed E-state index contributed by atoms with van der Waals surface area (Å²) in [7, 11) is 0. The van der Waals surface area contributed by atoms with Gasteiger partial charge < -0.3 is 15.2 Å². The molecule has 1 heterocycles. The third-order valence-corrected chi connectivity index (χ3v) is 3.92. The maximum atomic E-state index is 12.2.